The van der Waals surface area contributed by atoms with Gasteiger partial charge in [-0.1, -0.05) is 30.3 Å². The molecule has 0 aliphatic rings. The molecule has 30 heavy (non-hydrogen) atoms. The van der Waals surface area contributed by atoms with E-state index >= 15 is 0 Å². The lowest BCUT2D eigenvalue weighted by atomic mass is 10.0. The van der Waals surface area contributed by atoms with Crippen LogP contribution in [0.3, 0.4) is 0 Å². The molecule has 0 atom stereocenters. The average Bonchev–Trinajstić information content (AvgIpc) is 3.15. The van der Waals surface area contributed by atoms with Gasteiger partial charge in [0.2, 0.25) is 0 Å². The van der Waals surface area contributed by atoms with Crippen LogP contribution in [0.5, 0.6) is 0 Å². The first kappa shape index (κ1) is 19.6. The minimum absolute atomic E-state index is 0.00921. The molecule has 4 aromatic rings. The molecule has 0 saturated heterocycles. The molecule has 0 spiro atoms. The summed E-state index contributed by atoms with van der Waals surface area (Å²) in [5, 5.41) is 0. The van der Waals surface area contributed by atoms with E-state index in [4.69, 9.17) is 4.74 Å². The second-order valence-corrected chi connectivity index (χ2v) is 6.66. The molecule has 1 heterocycles. The van der Waals surface area contributed by atoms with E-state index in [0.29, 0.717) is 5.56 Å². The zero-order valence-corrected chi connectivity index (χ0v) is 15.8. The van der Waals surface area contributed by atoms with Crippen molar-refractivity contribution in [3.05, 3.63) is 76.9 Å². The number of aromatic amines is 1. The van der Waals surface area contributed by atoms with Crippen molar-refractivity contribution in [1.82, 2.24) is 9.97 Å². The molecule has 0 saturated carbocycles. The number of nitrogens with one attached hydrogen (secondary N) is 1. The molecule has 0 aliphatic carbocycles. The lowest BCUT2D eigenvalue weighted by molar-refractivity contribution is 0.0602. The van der Waals surface area contributed by atoms with E-state index in [0.717, 1.165) is 0 Å². The smallest absolute Gasteiger partial charge is 0.340 e. The van der Waals surface area contributed by atoms with Gasteiger partial charge in [-0.2, -0.15) is 0 Å². The predicted octanol–water partition coefficient (Wildman–Crippen LogP) is 5.55. The quantitative estimate of drug-likeness (QED) is 0.272. The number of H-pyrrole nitrogens is 1. The van der Waals surface area contributed by atoms with E-state index in [1.165, 1.54) is 37.4 Å². The van der Waals surface area contributed by atoms with Crippen LogP contribution < -0.4 is 0 Å². The summed E-state index contributed by atoms with van der Waals surface area (Å²) in [6, 6.07) is 10.3. The summed E-state index contributed by atoms with van der Waals surface area (Å²) < 4.78 is 64.0. The Morgan fingerprint density at radius 2 is 1.53 bits per heavy atom. The maximum Gasteiger partial charge on any atom is 0.340 e. The Balaban J connectivity index is 1.98. The first-order chi connectivity index (χ1) is 14.3. The van der Waals surface area contributed by atoms with E-state index in [-0.39, 0.29) is 22.2 Å². The van der Waals surface area contributed by atoms with Crippen molar-refractivity contribution in [2.45, 2.75) is 6.92 Å². The number of nitrogens with zero attached hydrogens (tertiary/aromatic N) is 1. The van der Waals surface area contributed by atoms with Crippen LogP contribution in [0.25, 0.3) is 33.5 Å². The lowest BCUT2D eigenvalue weighted by Crippen LogP contribution is -2.04. The van der Waals surface area contributed by atoms with Crippen LogP contribution in [0.4, 0.5) is 17.6 Å². The van der Waals surface area contributed by atoms with Crippen LogP contribution >= 0.6 is 0 Å². The number of aryl methyl sites for hydroxylation is 1. The van der Waals surface area contributed by atoms with Gasteiger partial charge in [0.1, 0.15) is 11.3 Å². The van der Waals surface area contributed by atoms with Gasteiger partial charge < -0.3 is 9.72 Å². The van der Waals surface area contributed by atoms with E-state index in [1.54, 1.807) is 19.1 Å². The van der Waals surface area contributed by atoms with Gasteiger partial charge in [-0.15, -0.1) is 0 Å². The fourth-order valence-corrected chi connectivity index (χ4v) is 3.34. The van der Waals surface area contributed by atoms with Crippen molar-refractivity contribution in [3.63, 3.8) is 0 Å². The Kier molecular flexibility index (Phi) is 4.77. The minimum atomic E-state index is -1.59. The molecule has 0 fully saturated rings. The second-order valence-electron chi connectivity index (χ2n) is 6.66. The molecule has 1 aromatic heterocycles. The fraction of sp³-hybridized carbons (Fsp3) is 0.0909. The van der Waals surface area contributed by atoms with Crippen LogP contribution in [-0.2, 0) is 4.74 Å². The third-order valence-electron chi connectivity index (χ3n) is 4.70. The van der Waals surface area contributed by atoms with Crippen molar-refractivity contribution in [1.29, 1.82) is 0 Å². The number of ether oxygens (including phenoxy) is 1. The number of aromatic nitrogens is 2. The van der Waals surface area contributed by atoms with Gasteiger partial charge >= 0.3 is 5.97 Å². The van der Waals surface area contributed by atoms with Crippen LogP contribution in [0, 0.1) is 30.2 Å². The van der Waals surface area contributed by atoms with Gasteiger partial charge in [0.05, 0.1) is 29.3 Å². The van der Waals surface area contributed by atoms with Crippen LogP contribution in [-0.4, -0.2) is 23.0 Å². The largest absolute Gasteiger partial charge is 0.465 e. The molecule has 4 nitrogen and oxygen atoms in total. The number of benzene rings is 3. The summed E-state index contributed by atoms with van der Waals surface area (Å²) in [7, 11) is 1.18. The number of hydrogen-bond acceptors (Lipinski definition) is 3. The number of esters is 1. The molecular formula is C22H14F4N2O2. The third kappa shape index (κ3) is 3.01. The summed E-state index contributed by atoms with van der Waals surface area (Å²) in [6.07, 6.45) is 0. The molecular weight excluding hydrogens is 400 g/mol. The van der Waals surface area contributed by atoms with Gasteiger partial charge in [-0.25, -0.2) is 27.3 Å². The van der Waals surface area contributed by atoms with Gasteiger partial charge in [-0.05, 0) is 30.2 Å². The molecule has 0 amide bonds. The number of imidazole rings is 1. The molecule has 0 aliphatic heterocycles. The maximum atomic E-state index is 14.9. The van der Waals surface area contributed by atoms with E-state index in [9.17, 15) is 22.4 Å². The summed E-state index contributed by atoms with van der Waals surface area (Å²) in [5.41, 5.74) is -0.782. The maximum absolute atomic E-state index is 14.9. The number of fused-ring (bicyclic) bond motifs is 1. The van der Waals surface area contributed by atoms with Gasteiger partial charge in [-0.3, -0.25) is 0 Å². The average molecular weight is 414 g/mol. The standard InChI is InChI=1S/C22H14F4N2O2/c1-10-8-12(22(29)30-2)20-13(9-10)27-21(28-20)15-18(25)16(23)14(17(24)19(15)26)11-6-4-3-5-7-11/h3-9H,1-2H3,(H,27,28). The molecule has 0 bridgehead atoms. The monoisotopic (exact) mass is 414 g/mol. The molecule has 3 aromatic carbocycles. The fourth-order valence-electron chi connectivity index (χ4n) is 3.34. The molecule has 1 N–H and O–H groups in total. The highest BCUT2D eigenvalue weighted by Crippen LogP contribution is 2.36. The number of hydrogen-bond donors (Lipinski definition) is 1. The Bertz CT molecular complexity index is 1270. The van der Waals surface area contributed by atoms with Crippen LogP contribution in [0.1, 0.15) is 15.9 Å². The number of carbonyl (C=O) groups is 1. The molecule has 4 rings (SSSR count). The van der Waals surface area contributed by atoms with Gasteiger partial charge in [0, 0.05) is 0 Å². The Labute approximate surface area is 168 Å². The van der Waals surface area contributed by atoms with Crippen molar-refractivity contribution in [3.8, 4) is 22.5 Å². The highest BCUT2D eigenvalue weighted by atomic mass is 19.2. The summed E-state index contributed by atoms with van der Waals surface area (Å²) in [6.45, 7) is 1.70. The lowest BCUT2D eigenvalue weighted by Gasteiger charge is -2.11. The Morgan fingerprint density at radius 3 is 2.13 bits per heavy atom. The van der Waals surface area contributed by atoms with E-state index < -0.39 is 46.2 Å². The SMILES string of the molecule is COC(=O)c1cc(C)cc2[nH]c(-c3c(F)c(F)c(-c4ccccc4)c(F)c3F)nc12. The van der Waals surface area contributed by atoms with Gasteiger partial charge in [0.15, 0.2) is 23.3 Å². The summed E-state index contributed by atoms with van der Waals surface area (Å²) in [5.74, 6) is -7.43. The molecule has 0 radical (unpaired) electrons. The van der Waals surface area contributed by atoms with Gasteiger partial charge in [0.25, 0.3) is 0 Å². The molecule has 152 valence electrons. The topological polar surface area (TPSA) is 55.0 Å². The van der Waals surface area contributed by atoms with Crippen molar-refractivity contribution in [2.75, 3.05) is 7.11 Å². The highest BCUT2D eigenvalue weighted by molar-refractivity contribution is 6.03. The molecule has 0 unspecified atom stereocenters. The number of rotatable bonds is 3. The Morgan fingerprint density at radius 1 is 0.933 bits per heavy atom. The number of methoxy groups -OCH3 is 1. The Hall–Kier alpha value is -3.68. The highest BCUT2D eigenvalue weighted by Gasteiger charge is 2.29. The minimum Gasteiger partial charge on any atom is -0.465 e. The van der Waals surface area contributed by atoms with E-state index in [2.05, 4.69) is 9.97 Å². The number of carbonyl (C=O) groups excluding carboxylic acids is 1. The first-order valence-electron chi connectivity index (χ1n) is 8.84. The van der Waals surface area contributed by atoms with Crippen molar-refractivity contribution in [2.24, 2.45) is 0 Å². The summed E-state index contributed by atoms with van der Waals surface area (Å²) >= 11 is 0. The summed E-state index contributed by atoms with van der Waals surface area (Å²) in [4.78, 5) is 18.7. The number of halogens is 4. The third-order valence-corrected chi connectivity index (χ3v) is 4.70. The normalized spacial score (nSPS) is 11.1. The van der Waals surface area contributed by atoms with Crippen molar-refractivity contribution >= 4 is 17.0 Å². The van der Waals surface area contributed by atoms with E-state index in [1.807, 2.05) is 0 Å². The van der Waals surface area contributed by atoms with Crippen molar-refractivity contribution < 1.29 is 27.1 Å². The first-order valence-corrected chi connectivity index (χ1v) is 8.84. The predicted molar refractivity (Wildman–Crippen MR) is 103 cm³/mol. The zero-order valence-electron chi connectivity index (χ0n) is 15.8. The second kappa shape index (κ2) is 7.29. The molecule has 8 heteroatoms. The zero-order chi connectivity index (χ0) is 21.6. The van der Waals surface area contributed by atoms with Crippen LogP contribution in [0.15, 0.2) is 42.5 Å². The van der Waals surface area contributed by atoms with Crippen LogP contribution in [0.2, 0.25) is 0 Å².